The summed E-state index contributed by atoms with van der Waals surface area (Å²) in [5.41, 5.74) is 0. The van der Waals surface area contributed by atoms with Gasteiger partial charge in [-0.1, -0.05) is 0 Å². The van der Waals surface area contributed by atoms with Crippen molar-refractivity contribution in [2.24, 2.45) is 0 Å². The Hall–Kier alpha value is 0.357. The standard InChI is InChI=1S/B3H6N3.BH3.H4Si/c1-4-2-6-3-5-1;;/h1-6H;1H3;1H4. The van der Waals surface area contributed by atoms with Gasteiger partial charge >= 0.3 is 0 Å². The van der Waals surface area contributed by atoms with Crippen LogP contribution < -0.4 is 15.4 Å². The first kappa shape index (κ1) is 11.2. The summed E-state index contributed by atoms with van der Waals surface area (Å²) in [6.45, 7) is 0. The van der Waals surface area contributed by atoms with Gasteiger partial charge in [-0.15, -0.1) is 0 Å². The average molecular weight is 126 g/mol. The van der Waals surface area contributed by atoms with Gasteiger partial charge in [-0.05, 0) is 11.0 Å². The molecule has 8 heteroatoms. The number of hydrogen-bond acceptors (Lipinski definition) is 3. The van der Waals surface area contributed by atoms with Crippen molar-refractivity contribution in [3.63, 3.8) is 0 Å². The molecule has 0 aromatic rings. The second-order valence-electron chi connectivity index (χ2n) is 1.28. The lowest BCUT2D eigenvalue weighted by Gasteiger charge is -2.08. The molecule has 0 saturated carbocycles. The number of hydrogen-bond donors (Lipinski definition) is 3. The van der Waals surface area contributed by atoms with Gasteiger partial charge in [0, 0.05) is 0 Å². The number of nitrogens with one attached hydrogen (secondary N) is 3. The third-order valence-electron chi connectivity index (χ3n) is 0.750. The molecule has 1 aliphatic heterocycles. The van der Waals surface area contributed by atoms with Gasteiger partial charge < -0.3 is 15.4 Å². The molecule has 0 aliphatic carbocycles. The minimum atomic E-state index is 0. The minimum Gasteiger partial charge on any atom is -0.378 e. The lowest BCUT2D eigenvalue weighted by atomic mass is 9.85. The molecule has 1 aliphatic rings. The maximum atomic E-state index is 3.06. The van der Waals surface area contributed by atoms with E-state index < -0.39 is 0 Å². The van der Waals surface area contributed by atoms with Crippen LogP contribution in [0.4, 0.5) is 0 Å². The first-order valence-corrected chi connectivity index (χ1v) is 2.12. The molecule has 1 fully saturated rings. The molecule has 1 saturated heterocycles. The van der Waals surface area contributed by atoms with Crippen molar-refractivity contribution in [1.29, 1.82) is 0 Å². The maximum absolute atomic E-state index is 3.06. The van der Waals surface area contributed by atoms with Crippen molar-refractivity contribution in [2.45, 2.75) is 0 Å². The molecule has 44 valence electrons. The van der Waals surface area contributed by atoms with Crippen LogP contribution in [-0.2, 0) is 0 Å². The zero-order chi connectivity index (χ0) is 4.24. The van der Waals surface area contributed by atoms with Crippen molar-refractivity contribution in [2.75, 3.05) is 0 Å². The van der Waals surface area contributed by atoms with E-state index in [1.54, 1.807) is 0 Å². The van der Waals surface area contributed by atoms with Crippen LogP contribution in [0.3, 0.4) is 0 Å². The first-order chi connectivity index (χ1) is 3.00. The molecule has 0 radical (unpaired) electrons. The smallest absolute Gasteiger partial charge is 0.265 e. The summed E-state index contributed by atoms with van der Waals surface area (Å²) in [7, 11) is 2.81. The summed E-state index contributed by atoms with van der Waals surface area (Å²) in [5.74, 6) is 0. The molecule has 3 nitrogen and oxygen atoms in total. The van der Waals surface area contributed by atoms with E-state index in [1.165, 1.54) is 0 Å². The van der Waals surface area contributed by atoms with E-state index in [0.717, 1.165) is 22.6 Å². The van der Waals surface area contributed by atoms with Gasteiger partial charge in [-0.25, -0.2) is 0 Å². The van der Waals surface area contributed by atoms with Crippen molar-refractivity contribution in [1.82, 2.24) is 15.4 Å². The predicted octanol–water partition coefficient (Wildman–Crippen LogP) is -6.07. The average Bonchev–Trinajstić information content (AvgIpc) is 1.72. The van der Waals surface area contributed by atoms with E-state index in [2.05, 4.69) is 15.4 Å². The summed E-state index contributed by atoms with van der Waals surface area (Å²) < 4.78 is 0. The lowest BCUT2D eigenvalue weighted by Crippen LogP contribution is -2.55. The third kappa shape index (κ3) is 4.51. The van der Waals surface area contributed by atoms with Crippen LogP contribution in [0, 0.1) is 0 Å². The predicted molar refractivity (Wildman–Crippen MR) is 52.1 cm³/mol. The van der Waals surface area contributed by atoms with Crippen LogP contribution in [0.1, 0.15) is 0 Å². The second kappa shape index (κ2) is 7.36. The molecule has 3 N–H and O–H groups in total. The molecule has 8 heavy (non-hydrogen) atoms. The molecule has 0 aromatic carbocycles. The summed E-state index contributed by atoms with van der Waals surface area (Å²) in [6, 6.07) is 0. The van der Waals surface area contributed by atoms with E-state index >= 15 is 0 Å². The van der Waals surface area contributed by atoms with E-state index in [-0.39, 0.29) is 19.4 Å². The van der Waals surface area contributed by atoms with Crippen LogP contribution in [-0.4, -0.2) is 42.0 Å². The topological polar surface area (TPSA) is 36.1 Å². The van der Waals surface area contributed by atoms with E-state index in [4.69, 9.17) is 0 Å². The van der Waals surface area contributed by atoms with Crippen LogP contribution >= 0.6 is 0 Å². The van der Waals surface area contributed by atoms with Crippen LogP contribution in [0.25, 0.3) is 0 Å². The van der Waals surface area contributed by atoms with Crippen LogP contribution in [0.5, 0.6) is 0 Å². The lowest BCUT2D eigenvalue weighted by molar-refractivity contribution is 1.28. The summed E-state index contributed by atoms with van der Waals surface area (Å²) in [5, 5.41) is 9.19. The number of rotatable bonds is 0. The Morgan fingerprint density at radius 1 is 0.750 bits per heavy atom. The van der Waals surface area contributed by atoms with Crippen LogP contribution in [0.2, 0.25) is 0 Å². The van der Waals surface area contributed by atoms with Crippen molar-refractivity contribution in [3.8, 4) is 0 Å². The minimum absolute atomic E-state index is 0. The van der Waals surface area contributed by atoms with Crippen molar-refractivity contribution in [3.05, 3.63) is 0 Å². The molecule has 0 bridgehead atoms. The van der Waals surface area contributed by atoms with E-state index in [1.807, 2.05) is 0 Å². The fourth-order valence-corrected chi connectivity index (χ4v) is 0.453. The zero-order valence-electron chi connectivity index (χ0n) is 3.62. The van der Waals surface area contributed by atoms with Crippen molar-refractivity contribution >= 4 is 42.0 Å². The van der Waals surface area contributed by atoms with Crippen LogP contribution in [0.15, 0.2) is 0 Å². The summed E-state index contributed by atoms with van der Waals surface area (Å²) >= 11 is 0. The van der Waals surface area contributed by atoms with Crippen molar-refractivity contribution < 1.29 is 0 Å². The Kier molecular flexibility index (Phi) is 10.3. The molecule has 0 aromatic heterocycles. The molecular weight excluding hydrogens is 113 g/mol. The summed E-state index contributed by atoms with van der Waals surface area (Å²) in [4.78, 5) is 0. The maximum Gasteiger partial charge on any atom is 0.265 e. The zero-order valence-corrected chi connectivity index (χ0v) is 3.62. The quantitative estimate of drug-likeness (QED) is 0.283. The fraction of sp³-hybridized carbons (Fsp3) is 0. The van der Waals surface area contributed by atoms with Gasteiger partial charge in [0.05, 0.1) is 8.41 Å². The normalized spacial score (nSPS) is 15.0. The molecule has 0 unspecified atom stereocenters. The van der Waals surface area contributed by atoms with Gasteiger partial charge in [0.25, 0.3) is 22.6 Å². The Labute approximate surface area is 58.2 Å². The highest BCUT2D eigenvalue weighted by molar-refractivity contribution is 6.65. The first-order valence-electron chi connectivity index (χ1n) is 2.12. The highest BCUT2D eigenvalue weighted by Crippen LogP contribution is 1.46. The monoisotopic (exact) mass is 127 g/mol. The fourth-order valence-electron chi connectivity index (χ4n) is 0.453. The van der Waals surface area contributed by atoms with Gasteiger partial charge in [0.1, 0.15) is 0 Å². The highest BCUT2D eigenvalue weighted by Gasteiger charge is 1.97. The second-order valence-corrected chi connectivity index (χ2v) is 1.28. The molecule has 1 rings (SSSR count). The SMILES string of the molecule is B.B1NBNBN1.[SiH4]. The largest absolute Gasteiger partial charge is 0.378 e. The van der Waals surface area contributed by atoms with Gasteiger partial charge in [-0.2, -0.15) is 0 Å². The Bertz CT molecular complexity index is 26.8. The van der Waals surface area contributed by atoms with Gasteiger partial charge in [-0.3, -0.25) is 0 Å². The Balaban J connectivity index is 0. The summed E-state index contributed by atoms with van der Waals surface area (Å²) in [6.07, 6.45) is 0. The van der Waals surface area contributed by atoms with E-state index in [0.29, 0.717) is 0 Å². The Morgan fingerprint density at radius 3 is 1.12 bits per heavy atom. The van der Waals surface area contributed by atoms with Gasteiger partial charge in [0.15, 0.2) is 0 Å². The molecule has 0 atom stereocenters. The molecular formula is H13B4N3Si. The van der Waals surface area contributed by atoms with E-state index in [9.17, 15) is 0 Å². The Morgan fingerprint density at radius 2 is 1.00 bits per heavy atom. The molecule has 1 heterocycles. The van der Waals surface area contributed by atoms with Gasteiger partial charge in [0.2, 0.25) is 0 Å². The third-order valence-corrected chi connectivity index (χ3v) is 0.750. The molecule has 0 amide bonds. The molecule has 0 spiro atoms. The highest BCUT2D eigenvalue weighted by atomic mass is 28.1.